The molecule has 1 saturated heterocycles. The van der Waals surface area contributed by atoms with Crippen LogP contribution in [0.25, 0.3) is 0 Å². The zero-order valence-corrected chi connectivity index (χ0v) is 12.4. The van der Waals surface area contributed by atoms with Gasteiger partial charge in [0.2, 0.25) is 0 Å². The number of likely N-dealkylation sites (tertiary alicyclic amines) is 1. The molecular formula is C15H23NO4. The Morgan fingerprint density at radius 1 is 1.45 bits per heavy atom. The third-order valence-electron chi connectivity index (χ3n) is 3.44. The van der Waals surface area contributed by atoms with Crippen molar-refractivity contribution in [3.63, 3.8) is 0 Å². The Morgan fingerprint density at radius 2 is 2.10 bits per heavy atom. The van der Waals surface area contributed by atoms with Crippen molar-refractivity contribution in [1.82, 2.24) is 4.90 Å². The molecule has 112 valence electrons. The van der Waals surface area contributed by atoms with Crippen LogP contribution < -0.4 is 0 Å². The summed E-state index contributed by atoms with van der Waals surface area (Å²) >= 11 is 0. The van der Waals surface area contributed by atoms with Crippen LogP contribution in [0.15, 0.2) is 0 Å². The Bertz CT molecular complexity index is 419. The van der Waals surface area contributed by atoms with Crippen LogP contribution in [0, 0.1) is 17.8 Å². The first-order valence-electron chi connectivity index (χ1n) is 6.85. The van der Waals surface area contributed by atoms with E-state index in [1.54, 1.807) is 20.8 Å². The fraction of sp³-hybridized carbons (Fsp3) is 0.733. The maximum atomic E-state index is 12.0. The summed E-state index contributed by atoms with van der Waals surface area (Å²) in [5.74, 6) is 1.65. The second-order valence-electron chi connectivity index (χ2n) is 6.30. The second-order valence-corrected chi connectivity index (χ2v) is 6.30. The zero-order chi connectivity index (χ0) is 15.4. The fourth-order valence-corrected chi connectivity index (χ4v) is 2.37. The number of amides is 1. The average molecular weight is 281 g/mol. The normalized spacial score (nSPS) is 22.4. The number of rotatable bonds is 4. The van der Waals surface area contributed by atoms with Crippen molar-refractivity contribution < 1.29 is 19.4 Å². The van der Waals surface area contributed by atoms with Gasteiger partial charge in [0.1, 0.15) is 5.60 Å². The van der Waals surface area contributed by atoms with Crippen molar-refractivity contribution in [1.29, 1.82) is 0 Å². The molecule has 0 radical (unpaired) electrons. The minimum absolute atomic E-state index is 0.196. The Balaban J connectivity index is 2.68. The van der Waals surface area contributed by atoms with Gasteiger partial charge in [-0.15, -0.1) is 12.3 Å². The fourth-order valence-electron chi connectivity index (χ4n) is 2.37. The van der Waals surface area contributed by atoms with Crippen molar-refractivity contribution >= 4 is 12.1 Å². The number of terminal acetylenes is 1. The lowest BCUT2D eigenvalue weighted by Gasteiger charge is -2.27. The van der Waals surface area contributed by atoms with Gasteiger partial charge < -0.3 is 14.7 Å². The molecule has 1 rings (SSSR count). The Labute approximate surface area is 120 Å². The molecule has 20 heavy (non-hydrogen) atoms. The van der Waals surface area contributed by atoms with Crippen LogP contribution in [0.3, 0.4) is 0 Å². The van der Waals surface area contributed by atoms with E-state index in [0.29, 0.717) is 32.2 Å². The van der Waals surface area contributed by atoms with E-state index >= 15 is 0 Å². The maximum Gasteiger partial charge on any atom is 0.410 e. The number of hydrogen-bond donors (Lipinski definition) is 1. The molecular weight excluding hydrogens is 258 g/mol. The summed E-state index contributed by atoms with van der Waals surface area (Å²) in [5.41, 5.74) is -1.46. The number of aliphatic carboxylic acids is 1. The molecule has 0 bridgehead atoms. The molecule has 1 N–H and O–H groups in total. The molecule has 0 aromatic rings. The molecule has 1 aliphatic rings. The van der Waals surface area contributed by atoms with Gasteiger partial charge in [0, 0.05) is 19.5 Å². The number of unbranched alkanes of at least 4 members (excludes halogenated alkanes) is 1. The summed E-state index contributed by atoms with van der Waals surface area (Å²) in [7, 11) is 0. The quantitative estimate of drug-likeness (QED) is 0.635. The number of carbonyl (C=O) groups excluding carboxylic acids is 1. The van der Waals surface area contributed by atoms with E-state index in [4.69, 9.17) is 11.2 Å². The first kappa shape index (κ1) is 16.4. The minimum atomic E-state index is -0.881. The highest BCUT2D eigenvalue weighted by atomic mass is 16.6. The first-order chi connectivity index (χ1) is 9.20. The first-order valence-corrected chi connectivity index (χ1v) is 6.85. The highest BCUT2D eigenvalue weighted by molar-refractivity contribution is 5.78. The summed E-state index contributed by atoms with van der Waals surface area (Å²) in [6.07, 6.45) is 6.91. The van der Waals surface area contributed by atoms with E-state index in [1.165, 1.54) is 4.90 Å². The molecule has 1 aliphatic heterocycles. The second kappa shape index (κ2) is 6.17. The summed E-state index contributed by atoms with van der Waals surface area (Å²) < 4.78 is 5.28. The third kappa shape index (κ3) is 4.16. The largest absolute Gasteiger partial charge is 0.481 e. The summed E-state index contributed by atoms with van der Waals surface area (Å²) in [6, 6.07) is 0. The maximum absolute atomic E-state index is 12.0. The van der Waals surface area contributed by atoms with Gasteiger partial charge >= 0.3 is 12.1 Å². The van der Waals surface area contributed by atoms with Crippen molar-refractivity contribution in [2.75, 3.05) is 13.1 Å². The topological polar surface area (TPSA) is 66.8 Å². The molecule has 0 aromatic carbocycles. The standard InChI is InChI=1S/C15H23NO4/c1-5-6-7-8-15(12(17)18)9-10-16(11-15)13(19)20-14(2,3)4/h1H,6-11H2,2-4H3,(H,17,18). The number of carboxylic acids is 1. The van der Waals surface area contributed by atoms with Gasteiger partial charge in [0.25, 0.3) is 0 Å². The van der Waals surface area contributed by atoms with Crippen LogP contribution in [0.4, 0.5) is 4.79 Å². The Morgan fingerprint density at radius 3 is 2.60 bits per heavy atom. The molecule has 5 nitrogen and oxygen atoms in total. The number of carbonyl (C=O) groups is 2. The molecule has 0 spiro atoms. The van der Waals surface area contributed by atoms with E-state index in [1.807, 2.05) is 0 Å². The van der Waals surface area contributed by atoms with Crippen molar-refractivity contribution in [3.8, 4) is 12.3 Å². The highest BCUT2D eigenvalue weighted by Crippen LogP contribution is 2.36. The molecule has 1 unspecified atom stereocenters. The molecule has 0 saturated carbocycles. The number of hydrogen-bond acceptors (Lipinski definition) is 3. The molecule has 1 heterocycles. The zero-order valence-electron chi connectivity index (χ0n) is 12.4. The van der Waals surface area contributed by atoms with Gasteiger partial charge in [-0.1, -0.05) is 0 Å². The third-order valence-corrected chi connectivity index (χ3v) is 3.44. The van der Waals surface area contributed by atoms with E-state index in [0.717, 1.165) is 0 Å². The van der Waals surface area contributed by atoms with Gasteiger partial charge in [0.15, 0.2) is 0 Å². The van der Waals surface area contributed by atoms with Crippen LogP contribution in [0.2, 0.25) is 0 Å². The van der Waals surface area contributed by atoms with Gasteiger partial charge in [0.05, 0.1) is 5.41 Å². The number of carboxylic acid groups (broad SMARTS) is 1. The molecule has 5 heteroatoms. The van der Waals surface area contributed by atoms with Gasteiger partial charge in [-0.2, -0.15) is 0 Å². The molecule has 0 aromatic heterocycles. The summed E-state index contributed by atoms with van der Waals surface area (Å²) in [6.45, 7) is 5.98. The van der Waals surface area contributed by atoms with Crippen LogP contribution in [0.1, 0.15) is 46.5 Å². The lowest BCUT2D eigenvalue weighted by molar-refractivity contribution is -0.148. The molecule has 1 atom stereocenters. The van der Waals surface area contributed by atoms with E-state index in [9.17, 15) is 14.7 Å². The van der Waals surface area contributed by atoms with Crippen LogP contribution in [-0.2, 0) is 9.53 Å². The summed E-state index contributed by atoms with van der Waals surface area (Å²) in [4.78, 5) is 25.0. The summed E-state index contributed by atoms with van der Waals surface area (Å²) in [5, 5.41) is 9.46. The van der Waals surface area contributed by atoms with Crippen LogP contribution >= 0.6 is 0 Å². The number of nitrogens with zero attached hydrogens (tertiary/aromatic N) is 1. The lowest BCUT2D eigenvalue weighted by Crippen LogP contribution is -2.39. The van der Waals surface area contributed by atoms with Crippen LogP contribution in [-0.4, -0.2) is 40.8 Å². The Kier molecular flexibility index (Phi) is 5.04. The van der Waals surface area contributed by atoms with E-state index in [2.05, 4.69) is 5.92 Å². The molecule has 1 fully saturated rings. The average Bonchev–Trinajstić information content (AvgIpc) is 2.73. The van der Waals surface area contributed by atoms with Crippen molar-refractivity contribution in [3.05, 3.63) is 0 Å². The van der Waals surface area contributed by atoms with E-state index < -0.39 is 23.1 Å². The molecule has 0 aliphatic carbocycles. The molecule has 1 amide bonds. The smallest absolute Gasteiger partial charge is 0.410 e. The monoisotopic (exact) mass is 281 g/mol. The predicted molar refractivity (Wildman–Crippen MR) is 75.2 cm³/mol. The van der Waals surface area contributed by atoms with Gasteiger partial charge in [-0.3, -0.25) is 4.79 Å². The van der Waals surface area contributed by atoms with Crippen molar-refractivity contribution in [2.24, 2.45) is 5.41 Å². The van der Waals surface area contributed by atoms with Gasteiger partial charge in [-0.05, 0) is 40.0 Å². The number of ether oxygens (including phenoxy) is 1. The van der Waals surface area contributed by atoms with E-state index in [-0.39, 0.29) is 6.54 Å². The highest BCUT2D eigenvalue weighted by Gasteiger charge is 2.46. The van der Waals surface area contributed by atoms with Crippen molar-refractivity contribution in [2.45, 2.75) is 52.1 Å². The SMILES string of the molecule is C#CCCCC1(C(=O)O)CCN(C(=O)OC(C)(C)C)C1. The minimum Gasteiger partial charge on any atom is -0.481 e. The predicted octanol–water partition coefficient (Wildman–Crippen LogP) is 2.50. The van der Waals surface area contributed by atoms with Gasteiger partial charge in [-0.25, -0.2) is 4.79 Å². The Hall–Kier alpha value is -1.70. The lowest BCUT2D eigenvalue weighted by atomic mass is 9.82. The van der Waals surface area contributed by atoms with Crippen LogP contribution in [0.5, 0.6) is 0 Å².